The van der Waals surface area contributed by atoms with E-state index in [1.165, 1.54) is 29.6 Å². The number of carbonyl (C=O) groups is 1. The third kappa shape index (κ3) is 5.97. The van der Waals surface area contributed by atoms with Crippen molar-refractivity contribution in [1.82, 2.24) is 9.21 Å². The number of nitrogens with zero attached hydrogens (tertiary/aromatic N) is 2. The number of hydrogen-bond donors (Lipinski definition) is 1. The zero-order valence-electron chi connectivity index (χ0n) is 19.8. The highest BCUT2D eigenvalue weighted by Gasteiger charge is 2.29. The van der Waals surface area contributed by atoms with Gasteiger partial charge in [0.25, 0.3) is 0 Å². The Hall–Kier alpha value is -2.20. The quantitative estimate of drug-likeness (QED) is 0.577. The number of ether oxygens (including phenoxy) is 1. The number of sulfonamides is 1. The molecule has 2 fully saturated rings. The van der Waals surface area contributed by atoms with Gasteiger partial charge in [-0.2, -0.15) is 4.31 Å². The fourth-order valence-electron chi connectivity index (χ4n) is 4.69. The number of benzene rings is 2. The lowest BCUT2D eigenvalue weighted by Crippen LogP contribution is -2.38. The number of rotatable bonds is 7. The third-order valence-corrected chi connectivity index (χ3v) is 9.03. The lowest BCUT2D eigenvalue weighted by atomic mass is 9.95. The molecule has 1 amide bonds. The lowest BCUT2D eigenvalue weighted by molar-refractivity contribution is -0.121. The Bertz CT molecular complexity index is 1140. The van der Waals surface area contributed by atoms with Gasteiger partial charge >= 0.3 is 0 Å². The average Bonchev–Trinajstić information content (AvgIpc) is 2.87. The third-order valence-electron chi connectivity index (χ3n) is 6.78. The van der Waals surface area contributed by atoms with Gasteiger partial charge < -0.3 is 10.1 Å². The summed E-state index contributed by atoms with van der Waals surface area (Å²) in [4.78, 5) is 15.3. The molecule has 0 aliphatic carbocycles. The highest BCUT2D eigenvalue weighted by atomic mass is 35.5. The smallest absolute Gasteiger partial charge is 0.243 e. The molecule has 0 aromatic heterocycles. The van der Waals surface area contributed by atoms with Gasteiger partial charge in [0.05, 0.1) is 17.7 Å². The number of halogens is 2. The lowest BCUT2D eigenvalue weighted by Gasteiger charge is -2.31. The van der Waals surface area contributed by atoms with Crippen LogP contribution in [-0.2, 0) is 21.4 Å². The van der Waals surface area contributed by atoms with Crippen molar-refractivity contribution >= 4 is 33.2 Å². The Morgan fingerprint density at radius 3 is 2.49 bits per heavy atom. The minimum absolute atomic E-state index is 0.145. The zero-order chi connectivity index (χ0) is 25.0. The van der Waals surface area contributed by atoms with Crippen LogP contribution in [0.3, 0.4) is 0 Å². The summed E-state index contributed by atoms with van der Waals surface area (Å²) in [6, 6.07) is 9.23. The maximum absolute atomic E-state index is 14.1. The Labute approximate surface area is 211 Å². The van der Waals surface area contributed by atoms with Crippen molar-refractivity contribution in [2.24, 2.45) is 5.92 Å². The number of anilines is 1. The Balaban J connectivity index is 1.41. The van der Waals surface area contributed by atoms with Gasteiger partial charge in [0.1, 0.15) is 11.6 Å². The molecule has 35 heavy (non-hydrogen) atoms. The monoisotopic (exact) mass is 523 g/mol. The minimum Gasteiger partial charge on any atom is -0.495 e. The van der Waals surface area contributed by atoms with E-state index in [2.05, 4.69) is 10.2 Å². The first-order valence-electron chi connectivity index (χ1n) is 11.9. The first-order valence-corrected chi connectivity index (χ1v) is 13.8. The standard InChI is InChI=1S/C25H31ClFN3O4S/c1-34-24-9-8-19(35(32,33)30-12-3-2-4-13-30)16-23(24)28-25(31)18-10-14-29(15-11-18)17-20-21(26)6-5-7-22(20)27/h5-9,16,18H,2-4,10-15,17H2,1H3,(H,28,31). The van der Waals surface area contributed by atoms with Crippen LogP contribution in [0.25, 0.3) is 0 Å². The van der Waals surface area contributed by atoms with E-state index in [1.54, 1.807) is 18.2 Å². The van der Waals surface area contributed by atoms with E-state index in [4.69, 9.17) is 16.3 Å². The molecule has 2 aromatic rings. The molecule has 7 nitrogen and oxygen atoms in total. The van der Waals surface area contributed by atoms with E-state index in [-0.39, 0.29) is 22.5 Å². The minimum atomic E-state index is -3.64. The fraction of sp³-hybridized carbons (Fsp3) is 0.480. The zero-order valence-corrected chi connectivity index (χ0v) is 21.4. The predicted octanol–water partition coefficient (Wildman–Crippen LogP) is 4.51. The predicted molar refractivity (Wildman–Crippen MR) is 134 cm³/mol. The SMILES string of the molecule is COc1ccc(S(=O)(=O)N2CCCCC2)cc1NC(=O)C1CCN(Cc2c(F)cccc2Cl)CC1. The number of nitrogens with one attached hydrogen (secondary N) is 1. The number of carbonyl (C=O) groups excluding carboxylic acids is 1. The van der Waals surface area contributed by atoms with Crippen molar-refractivity contribution in [3.63, 3.8) is 0 Å². The molecule has 2 saturated heterocycles. The first-order chi connectivity index (χ1) is 16.8. The molecule has 0 saturated carbocycles. The summed E-state index contributed by atoms with van der Waals surface area (Å²) < 4.78 is 47.2. The molecule has 4 rings (SSSR count). The number of amides is 1. The maximum Gasteiger partial charge on any atom is 0.243 e. The molecule has 1 N–H and O–H groups in total. The van der Waals surface area contributed by atoms with Crippen molar-refractivity contribution in [2.75, 3.05) is 38.6 Å². The van der Waals surface area contributed by atoms with Crippen LogP contribution in [-0.4, -0.2) is 56.8 Å². The van der Waals surface area contributed by atoms with Crippen molar-refractivity contribution in [3.8, 4) is 5.75 Å². The van der Waals surface area contributed by atoms with Crippen molar-refractivity contribution < 1.29 is 22.3 Å². The van der Waals surface area contributed by atoms with Crippen LogP contribution in [0.4, 0.5) is 10.1 Å². The average molecular weight is 524 g/mol. The molecule has 2 heterocycles. The second-order valence-electron chi connectivity index (χ2n) is 9.07. The van der Waals surface area contributed by atoms with E-state index in [0.717, 1.165) is 19.3 Å². The molecular formula is C25H31ClFN3O4S. The fourth-order valence-corrected chi connectivity index (χ4v) is 6.46. The molecular weight excluding hydrogens is 493 g/mol. The van der Waals surface area contributed by atoms with Gasteiger partial charge in [0, 0.05) is 36.1 Å². The van der Waals surface area contributed by atoms with Crippen molar-refractivity contribution in [2.45, 2.75) is 43.5 Å². The van der Waals surface area contributed by atoms with E-state index in [1.807, 2.05) is 0 Å². The Morgan fingerprint density at radius 1 is 1.11 bits per heavy atom. The van der Waals surface area contributed by atoms with Crippen molar-refractivity contribution in [3.05, 3.63) is 52.8 Å². The highest BCUT2D eigenvalue weighted by Crippen LogP contribution is 2.31. The van der Waals surface area contributed by atoms with E-state index in [0.29, 0.717) is 67.6 Å². The van der Waals surface area contributed by atoms with Gasteiger partial charge in [-0.15, -0.1) is 0 Å². The molecule has 2 aliphatic rings. The van der Waals surface area contributed by atoms with Gasteiger partial charge in [0.2, 0.25) is 15.9 Å². The number of hydrogen-bond acceptors (Lipinski definition) is 5. The second-order valence-corrected chi connectivity index (χ2v) is 11.4. The number of piperidine rings is 2. The van der Waals surface area contributed by atoms with Gasteiger partial charge in [-0.05, 0) is 69.1 Å². The van der Waals surface area contributed by atoms with Crippen LogP contribution in [0.1, 0.15) is 37.7 Å². The second kappa shape index (κ2) is 11.2. The van der Waals surface area contributed by atoms with E-state index >= 15 is 0 Å². The largest absolute Gasteiger partial charge is 0.495 e. The van der Waals surface area contributed by atoms with Gasteiger partial charge in [-0.3, -0.25) is 9.69 Å². The summed E-state index contributed by atoms with van der Waals surface area (Å²) >= 11 is 6.15. The summed E-state index contributed by atoms with van der Waals surface area (Å²) in [5, 5.41) is 3.28. The van der Waals surface area contributed by atoms with Crippen LogP contribution in [0, 0.1) is 11.7 Å². The molecule has 0 spiro atoms. The topological polar surface area (TPSA) is 79.0 Å². The molecule has 10 heteroatoms. The molecule has 0 bridgehead atoms. The van der Waals surface area contributed by atoms with Crippen LogP contribution >= 0.6 is 11.6 Å². The molecule has 190 valence electrons. The molecule has 0 atom stereocenters. The number of likely N-dealkylation sites (tertiary alicyclic amines) is 1. The normalized spacial score (nSPS) is 18.4. The van der Waals surface area contributed by atoms with Gasteiger partial charge in [-0.1, -0.05) is 24.1 Å². The maximum atomic E-state index is 14.1. The summed E-state index contributed by atoms with van der Waals surface area (Å²) in [5.41, 5.74) is 0.810. The molecule has 0 radical (unpaired) electrons. The summed E-state index contributed by atoms with van der Waals surface area (Å²) in [6.45, 7) is 2.66. The first kappa shape index (κ1) is 25.9. The van der Waals surface area contributed by atoms with Gasteiger partial charge in [0.15, 0.2) is 0 Å². The van der Waals surface area contributed by atoms with Gasteiger partial charge in [-0.25, -0.2) is 12.8 Å². The Morgan fingerprint density at radius 2 is 1.83 bits per heavy atom. The molecule has 0 unspecified atom stereocenters. The van der Waals surface area contributed by atoms with Crippen molar-refractivity contribution in [1.29, 1.82) is 0 Å². The Kier molecular flexibility index (Phi) is 8.31. The molecule has 2 aliphatic heterocycles. The van der Waals surface area contributed by atoms with Crippen LogP contribution in [0.15, 0.2) is 41.3 Å². The van der Waals surface area contributed by atoms with Crippen LogP contribution in [0.5, 0.6) is 5.75 Å². The molecule has 2 aromatic carbocycles. The number of methoxy groups -OCH3 is 1. The van der Waals surface area contributed by atoms with Crippen LogP contribution < -0.4 is 10.1 Å². The van der Waals surface area contributed by atoms with E-state index < -0.39 is 10.0 Å². The van der Waals surface area contributed by atoms with Crippen LogP contribution in [0.2, 0.25) is 5.02 Å². The highest BCUT2D eigenvalue weighted by molar-refractivity contribution is 7.89. The summed E-state index contributed by atoms with van der Waals surface area (Å²) in [5.74, 6) is -0.347. The summed E-state index contributed by atoms with van der Waals surface area (Å²) in [7, 11) is -2.15. The van der Waals surface area contributed by atoms with E-state index in [9.17, 15) is 17.6 Å². The summed E-state index contributed by atoms with van der Waals surface area (Å²) in [6.07, 6.45) is 3.93.